The van der Waals surface area contributed by atoms with E-state index in [0.29, 0.717) is 25.5 Å². The zero-order chi connectivity index (χ0) is 13.6. The van der Waals surface area contributed by atoms with Crippen molar-refractivity contribution in [2.45, 2.75) is 45.3 Å². The maximum atomic E-state index is 10.2. The van der Waals surface area contributed by atoms with Crippen LogP contribution in [0.3, 0.4) is 0 Å². The summed E-state index contributed by atoms with van der Waals surface area (Å²) in [6.07, 6.45) is 1.41. The Kier molecular flexibility index (Phi) is 5.63. The number of rotatable bonds is 7. The summed E-state index contributed by atoms with van der Waals surface area (Å²) >= 11 is 0. The van der Waals surface area contributed by atoms with Crippen LogP contribution in [0, 0.1) is 0 Å². The average Bonchev–Trinajstić information content (AvgIpc) is 2.44. The van der Waals surface area contributed by atoms with E-state index in [1.165, 1.54) is 5.56 Å². The maximum absolute atomic E-state index is 10.2. The molecule has 0 saturated heterocycles. The summed E-state index contributed by atoms with van der Waals surface area (Å²) in [5.41, 5.74) is 0.469. The van der Waals surface area contributed by atoms with Crippen LogP contribution >= 0.6 is 0 Å². The van der Waals surface area contributed by atoms with Gasteiger partial charge in [0.05, 0.1) is 5.60 Å². The second-order valence-corrected chi connectivity index (χ2v) is 4.80. The molecular formula is C15H25NO2. The highest BCUT2D eigenvalue weighted by Crippen LogP contribution is 2.21. The van der Waals surface area contributed by atoms with Crippen LogP contribution in [0.2, 0.25) is 0 Å². The predicted molar refractivity (Wildman–Crippen MR) is 74.9 cm³/mol. The molecule has 0 aliphatic carbocycles. The van der Waals surface area contributed by atoms with E-state index < -0.39 is 5.60 Å². The van der Waals surface area contributed by atoms with Crippen molar-refractivity contribution in [3.63, 3.8) is 0 Å². The van der Waals surface area contributed by atoms with Gasteiger partial charge in [0, 0.05) is 6.04 Å². The molecule has 0 aromatic heterocycles. The van der Waals surface area contributed by atoms with Gasteiger partial charge in [-0.15, -0.1) is 0 Å². The molecule has 0 heterocycles. The molecule has 1 aromatic rings. The first kappa shape index (κ1) is 15.0. The lowest BCUT2D eigenvalue weighted by atomic mass is 9.99. The van der Waals surface area contributed by atoms with E-state index >= 15 is 0 Å². The number of hydrogen-bond donors (Lipinski definition) is 2. The number of benzene rings is 1. The summed E-state index contributed by atoms with van der Waals surface area (Å²) in [6, 6.07) is 8.30. The van der Waals surface area contributed by atoms with Crippen LogP contribution < -0.4 is 10.1 Å². The van der Waals surface area contributed by atoms with E-state index in [9.17, 15) is 5.11 Å². The van der Waals surface area contributed by atoms with E-state index in [2.05, 4.69) is 18.3 Å². The zero-order valence-corrected chi connectivity index (χ0v) is 11.9. The highest BCUT2D eigenvalue weighted by atomic mass is 16.5. The van der Waals surface area contributed by atoms with Gasteiger partial charge in [0.15, 0.2) is 0 Å². The molecule has 0 aliphatic rings. The summed E-state index contributed by atoms with van der Waals surface area (Å²) in [6.45, 7) is 6.41. The molecule has 3 nitrogen and oxygen atoms in total. The van der Waals surface area contributed by atoms with Crippen LogP contribution in [0.15, 0.2) is 24.3 Å². The molecule has 0 radical (unpaired) electrons. The quantitative estimate of drug-likeness (QED) is 0.783. The third kappa shape index (κ3) is 4.00. The van der Waals surface area contributed by atoms with Gasteiger partial charge in [-0.05, 0) is 44.5 Å². The fourth-order valence-electron chi connectivity index (χ4n) is 1.71. The molecule has 18 heavy (non-hydrogen) atoms. The summed E-state index contributed by atoms with van der Waals surface area (Å²) in [7, 11) is 1.94. The third-order valence-corrected chi connectivity index (χ3v) is 3.61. The Morgan fingerprint density at radius 1 is 1.33 bits per heavy atom. The molecule has 1 unspecified atom stereocenters. The first-order chi connectivity index (χ1) is 8.54. The lowest BCUT2D eigenvalue weighted by Gasteiger charge is -2.25. The third-order valence-electron chi connectivity index (χ3n) is 3.61. The lowest BCUT2D eigenvalue weighted by molar-refractivity contribution is -0.0113. The summed E-state index contributed by atoms with van der Waals surface area (Å²) in [5, 5.41) is 13.4. The molecule has 2 N–H and O–H groups in total. The summed E-state index contributed by atoms with van der Waals surface area (Å²) < 4.78 is 5.71. The lowest BCUT2D eigenvalue weighted by Crippen LogP contribution is -2.34. The molecule has 1 aromatic carbocycles. The standard InChI is InChI=1S/C15H25NO2/c1-5-15(17,6-2)11-18-14-9-7-8-13(10-14)12(3)16-4/h7-10,12,16-17H,5-6,11H2,1-4H3. The first-order valence-electron chi connectivity index (χ1n) is 6.67. The topological polar surface area (TPSA) is 41.5 Å². The van der Waals surface area contributed by atoms with Gasteiger partial charge in [0.1, 0.15) is 12.4 Å². The van der Waals surface area contributed by atoms with Crippen LogP contribution in [0.4, 0.5) is 0 Å². The Labute approximate surface area is 110 Å². The Morgan fingerprint density at radius 2 is 2.00 bits per heavy atom. The van der Waals surface area contributed by atoms with Crippen molar-refractivity contribution < 1.29 is 9.84 Å². The van der Waals surface area contributed by atoms with E-state index in [4.69, 9.17) is 4.74 Å². The summed E-state index contributed by atoms with van der Waals surface area (Å²) in [5.74, 6) is 0.815. The van der Waals surface area contributed by atoms with Crippen molar-refractivity contribution in [3.8, 4) is 5.75 Å². The van der Waals surface area contributed by atoms with Crippen molar-refractivity contribution in [1.29, 1.82) is 0 Å². The van der Waals surface area contributed by atoms with Crippen molar-refractivity contribution in [1.82, 2.24) is 5.32 Å². The van der Waals surface area contributed by atoms with Gasteiger partial charge in [-0.25, -0.2) is 0 Å². The van der Waals surface area contributed by atoms with Crippen molar-refractivity contribution in [3.05, 3.63) is 29.8 Å². The zero-order valence-electron chi connectivity index (χ0n) is 11.9. The normalized spacial score (nSPS) is 13.4. The van der Waals surface area contributed by atoms with Gasteiger partial charge >= 0.3 is 0 Å². The fourth-order valence-corrected chi connectivity index (χ4v) is 1.71. The Bertz CT molecular complexity index is 361. The van der Waals surface area contributed by atoms with Gasteiger partial charge in [0.2, 0.25) is 0 Å². The smallest absolute Gasteiger partial charge is 0.119 e. The second kappa shape index (κ2) is 6.76. The minimum absolute atomic E-state index is 0.296. The van der Waals surface area contributed by atoms with Gasteiger partial charge in [0.25, 0.3) is 0 Å². The van der Waals surface area contributed by atoms with Crippen LogP contribution in [0.25, 0.3) is 0 Å². The number of nitrogens with one attached hydrogen (secondary N) is 1. The largest absolute Gasteiger partial charge is 0.491 e. The molecule has 0 aliphatic heterocycles. The summed E-state index contributed by atoms with van der Waals surface area (Å²) in [4.78, 5) is 0. The Morgan fingerprint density at radius 3 is 2.56 bits per heavy atom. The molecule has 0 bridgehead atoms. The highest BCUT2D eigenvalue weighted by Gasteiger charge is 2.23. The Hall–Kier alpha value is -1.06. The SMILES string of the molecule is CCC(O)(CC)COc1cccc(C(C)NC)c1. The van der Waals surface area contributed by atoms with Crippen LogP contribution in [0.1, 0.15) is 45.2 Å². The van der Waals surface area contributed by atoms with E-state index in [1.54, 1.807) is 0 Å². The molecule has 0 amide bonds. The molecule has 1 atom stereocenters. The molecule has 1 rings (SSSR count). The van der Waals surface area contributed by atoms with Crippen molar-refractivity contribution in [2.24, 2.45) is 0 Å². The monoisotopic (exact) mass is 251 g/mol. The molecule has 0 fully saturated rings. The van der Waals surface area contributed by atoms with Gasteiger partial charge in [-0.2, -0.15) is 0 Å². The van der Waals surface area contributed by atoms with Gasteiger partial charge in [-0.1, -0.05) is 26.0 Å². The number of hydrogen-bond acceptors (Lipinski definition) is 3. The van der Waals surface area contributed by atoms with Crippen LogP contribution in [0.5, 0.6) is 5.75 Å². The van der Waals surface area contributed by atoms with Crippen LogP contribution in [-0.2, 0) is 0 Å². The minimum Gasteiger partial charge on any atom is -0.491 e. The highest BCUT2D eigenvalue weighted by molar-refractivity contribution is 5.30. The number of aliphatic hydroxyl groups is 1. The van der Waals surface area contributed by atoms with E-state index in [1.807, 2.05) is 39.1 Å². The average molecular weight is 251 g/mol. The van der Waals surface area contributed by atoms with E-state index in [0.717, 1.165) is 5.75 Å². The van der Waals surface area contributed by atoms with Crippen molar-refractivity contribution in [2.75, 3.05) is 13.7 Å². The van der Waals surface area contributed by atoms with Crippen LogP contribution in [-0.4, -0.2) is 24.4 Å². The molecule has 102 valence electrons. The Balaban J connectivity index is 2.68. The number of ether oxygens (including phenoxy) is 1. The van der Waals surface area contributed by atoms with Gasteiger partial charge < -0.3 is 15.2 Å². The van der Waals surface area contributed by atoms with E-state index in [-0.39, 0.29) is 0 Å². The molecule has 0 saturated carbocycles. The van der Waals surface area contributed by atoms with Gasteiger partial charge in [-0.3, -0.25) is 0 Å². The maximum Gasteiger partial charge on any atom is 0.119 e. The minimum atomic E-state index is -0.718. The molecule has 3 heteroatoms. The fraction of sp³-hybridized carbons (Fsp3) is 0.600. The predicted octanol–water partition coefficient (Wildman–Crippen LogP) is 2.90. The molecule has 0 spiro atoms. The molecular weight excluding hydrogens is 226 g/mol. The second-order valence-electron chi connectivity index (χ2n) is 4.80. The first-order valence-corrected chi connectivity index (χ1v) is 6.67. The van der Waals surface area contributed by atoms with Crippen molar-refractivity contribution >= 4 is 0 Å².